The molecule has 0 aromatic carbocycles. The number of rotatable bonds is 5. The van der Waals surface area contributed by atoms with Crippen LogP contribution in [0.1, 0.15) is 39.0 Å². The van der Waals surface area contributed by atoms with Gasteiger partial charge in [-0.05, 0) is 38.1 Å². The second-order valence-corrected chi connectivity index (χ2v) is 6.08. The number of hydrogen-bond donors (Lipinski definition) is 2. The van der Waals surface area contributed by atoms with Crippen molar-refractivity contribution in [3.63, 3.8) is 0 Å². The van der Waals surface area contributed by atoms with E-state index in [1.807, 2.05) is 4.90 Å². The highest BCUT2D eigenvalue weighted by Crippen LogP contribution is 2.25. The van der Waals surface area contributed by atoms with Gasteiger partial charge in [0.05, 0.1) is 6.54 Å². The fraction of sp³-hybridized carbons (Fsp3) is 0.867. The Kier molecular flexibility index (Phi) is 5.99. The summed E-state index contributed by atoms with van der Waals surface area (Å²) < 4.78 is 5.26. The lowest BCUT2D eigenvalue weighted by molar-refractivity contribution is -0.146. The van der Waals surface area contributed by atoms with E-state index in [-0.39, 0.29) is 18.5 Å². The summed E-state index contributed by atoms with van der Waals surface area (Å²) in [6, 6.07) is -0.355. The zero-order valence-corrected chi connectivity index (χ0v) is 12.7. The summed E-state index contributed by atoms with van der Waals surface area (Å²) in [7, 11) is 0. The van der Waals surface area contributed by atoms with Gasteiger partial charge in [0.25, 0.3) is 0 Å². The van der Waals surface area contributed by atoms with Crippen LogP contribution in [-0.2, 0) is 14.3 Å². The highest BCUT2D eigenvalue weighted by atomic mass is 16.5. The molecule has 2 N–H and O–H groups in total. The third kappa shape index (κ3) is 4.68. The highest BCUT2D eigenvalue weighted by Gasteiger charge is 2.33. The summed E-state index contributed by atoms with van der Waals surface area (Å²) in [5, 5.41) is 12.4. The highest BCUT2D eigenvalue weighted by molar-refractivity contribution is 5.80. The minimum absolute atomic E-state index is 0.0666. The topological polar surface area (TPSA) is 78.9 Å². The number of carboxylic acid groups (broad SMARTS) is 1. The molecule has 2 atom stereocenters. The molecule has 6 heteroatoms. The van der Waals surface area contributed by atoms with E-state index in [2.05, 4.69) is 12.2 Å². The normalized spacial score (nSPS) is 28.2. The average Bonchev–Trinajstić information content (AvgIpc) is 2.48. The molecule has 120 valence electrons. The zero-order valence-electron chi connectivity index (χ0n) is 12.7. The molecule has 0 aromatic heterocycles. The number of likely N-dealkylation sites (tertiary alicyclic amines) is 1. The van der Waals surface area contributed by atoms with Crippen LogP contribution in [0.4, 0.5) is 0 Å². The van der Waals surface area contributed by atoms with Gasteiger partial charge in [-0.15, -0.1) is 0 Å². The third-order valence-corrected chi connectivity index (χ3v) is 4.62. The van der Waals surface area contributed by atoms with Gasteiger partial charge in [0.15, 0.2) is 0 Å². The molecule has 0 radical (unpaired) electrons. The first-order valence-electron chi connectivity index (χ1n) is 7.94. The molecule has 0 spiro atoms. The van der Waals surface area contributed by atoms with E-state index in [1.165, 1.54) is 0 Å². The molecule has 2 rings (SSSR count). The Balaban J connectivity index is 1.84. The van der Waals surface area contributed by atoms with E-state index in [0.717, 1.165) is 25.7 Å². The Morgan fingerprint density at radius 3 is 2.62 bits per heavy atom. The molecular weight excluding hydrogens is 272 g/mol. The Morgan fingerprint density at radius 2 is 2.00 bits per heavy atom. The number of carbonyl (C=O) groups is 2. The summed E-state index contributed by atoms with van der Waals surface area (Å²) in [6.45, 7) is 4.34. The number of hydrogen-bond acceptors (Lipinski definition) is 4. The van der Waals surface area contributed by atoms with Crippen molar-refractivity contribution >= 4 is 11.9 Å². The number of carbonyl (C=O) groups excluding carboxylic acids is 1. The fourth-order valence-corrected chi connectivity index (χ4v) is 3.20. The minimum atomic E-state index is -0.813. The Labute approximate surface area is 125 Å². The molecule has 6 nitrogen and oxygen atoms in total. The summed E-state index contributed by atoms with van der Waals surface area (Å²) in [5.41, 5.74) is 0. The number of piperidine rings is 1. The molecule has 2 saturated heterocycles. The van der Waals surface area contributed by atoms with Gasteiger partial charge in [-0.3, -0.25) is 14.5 Å². The summed E-state index contributed by atoms with van der Waals surface area (Å²) in [4.78, 5) is 25.3. The average molecular weight is 298 g/mol. The Morgan fingerprint density at radius 1 is 1.29 bits per heavy atom. The first-order chi connectivity index (χ1) is 10.1. The van der Waals surface area contributed by atoms with Gasteiger partial charge < -0.3 is 15.2 Å². The van der Waals surface area contributed by atoms with Crippen LogP contribution in [0, 0.1) is 5.92 Å². The predicted octanol–water partition coefficient (Wildman–Crippen LogP) is 0.857. The lowest BCUT2D eigenvalue weighted by Gasteiger charge is -2.36. The van der Waals surface area contributed by atoms with Gasteiger partial charge in [0.1, 0.15) is 6.04 Å². The van der Waals surface area contributed by atoms with E-state index in [9.17, 15) is 14.7 Å². The standard InChI is InChI=1S/C15H26N2O4/c1-2-11-3-6-17(13(9-11)15(19)20)10-14(18)16-12-4-7-21-8-5-12/h11-13H,2-10H2,1H3,(H,16,18)(H,19,20). The van der Waals surface area contributed by atoms with Crippen molar-refractivity contribution in [2.24, 2.45) is 5.92 Å². The van der Waals surface area contributed by atoms with Crippen LogP contribution >= 0.6 is 0 Å². The molecule has 2 aliphatic rings. The van der Waals surface area contributed by atoms with Crippen LogP contribution in [0.25, 0.3) is 0 Å². The number of nitrogens with one attached hydrogen (secondary N) is 1. The first kappa shape index (κ1) is 16.2. The van der Waals surface area contributed by atoms with Crippen molar-refractivity contribution in [3.05, 3.63) is 0 Å². The molecule has 0 saturated carbocycles. The maximum Gasteiger partial charge on any atom is 0.320 e. The number of aliphatic carboxylic acids is 1. The molecule has 2 heterocycles. The molecule has 21 heavy (non-hydrogen) atoms. The zero-order chi connectivity index (χ0) is 15.2. The van der Waals surface area contributed by atoms with Crippen LogP contribution in [0.2, 0.25) is 0 Å². The molecule has 2 fully saturated rings. The molecular formula is C15H26N2O4. The van der Waals surface area contributed by atoms with Crippen LogP contribution in [0.15, 0.2) is 0 Å². The maximum absolute atomic E-state index is 12.1. The van der Waals surface area contributed by atoms with Gasteiger partial charge in [0, 0.05) is 19.3 Å². The SMILES string of the molecule is CCC1CCN(CC(=O)NC2CCOCC2)C(C(=O)O)C1. The summed E-state index contributed by atoms with van der Waals surface area (Å²) in [5.74, 6) is -0.420. The smallest absolute Gasteiger partial charge is 0.320 e. The molecule has 0 bridgehead atoms. The van der Waals surface area contributed by atoms with E-state index in [0.29, 0.717) is 32.1 Å². The van der Waals surface area contributed by atoms with Crippen LogP contribution in [0.5, 0.6) is 0 Å². The second kappa shape index (κ2) is 7.75. The van der Waals surface area contributed by atoms with E-state index in [1.54, 1.807) is 0 Å². The molecule has 2 aliphatic heterocycles. The number of ether oxygens (including phenoxy) is 1. The van der Waals surface area contributed by atoms with Gasteiger partial charge in [0.2, 0.25) is 5.91 Å². The molecule has 2 unspecified atom stereocenters. The van der Waals surface area contributed by atoms with Crippen molar-refractivity contribution in [1.82, 2.24) is 10.2 Å². The van der Waals surface area contributed by atoms with E-state index >= 15 is 0 Å². The minimum Gasteiger partial charge on any atom is -0.480 e. The molecule has 0 aliphatic carbocycles. The fourth-order valence-electron chi connectivity index (χ4n) is 3.20. The maximum atomic E-state index is 12.1. The van der Waals surface area contributed by atoms with Crippen molar-refractivity contribution < 1.29 is 19.4 Å². The first-order valence-corrected chi connectivity index (χ1v) is 7.94. The number of amides is 1. The van der Waals surface area contributed by atoms with Gasteiger partial charge >= 0.3 is 5.97 Å². The molecule has 0 aromatic rings. The largest absolute Gasteiger partial charge is 0.480 e. The summed E-state index contributed by atoms with van der Waals surface area (Å²) >= 11 is 0. The summed E-state index contributed by atoms with van der Waals surface area (Å²) in [6.07, 6.45) is 4.31. The quantitative estimate of drug-likeness (QED) is 0.787. The van der Waals surface area contributed by atoms with Crippen molar-refractivity contribution in [2.75, 3.05) is 26.3 Å². The molecule has 1 amide bonds. The van der Waals surface area contributed by atoms with Gasteiger partial charge in [-0.2, -0.15) is 0 Å². The van der Waals surface area contributed by atoms with Gasteiger partial charge in [-0.1, -0.05) is 13.3 Å². The van der Waals surface area contributed by atoms with Crippen LogP contribution in [0.3, 0.4) is 0 Å². The van der Waals surface area contributed by atoms with E-state index < -0.39 is 12.0 Å². The predicted molar refractivity (Wildman–Crippen MR) is 78.0 cm³/mol. The van der Waals surface area contributed by atoms with Gasteiger partial charge in [-0.25, -0.2) is 0 Å². The monoisotopic (exact) mass is 298 g/mol. The number of carboxylic acids is 1. The van der Waals surface area contributed by atoms with Crippen molar-refractivity contribution in [3.8, 4) is 0 Å². The third-order valence-electron chi connectivity index (χ3n) is 4.62. The number of nitrogens with zero attached hydrogens (tertiary/aromatic N) is 1. The van der Waals surface area contributed by atoms with Crippen molar-refractivity contribution in [1.29, 1.82) is 0 Å². The Hall–Kier alpha value is -1.14. The Bertz CT molecular complexity index is 369. The van der Waals surface area contributed by atoms with Crippen molar-refractivity contribution in [2.45, 2.75) is 51.1 Å². The van der Waals surface area contributed by atoms with Crippen LogP contribution in [-0.4, -0.2) is 60.3 Å². The lowest BCUT2D eigenvalue weighted by atomic mass is 9.89. The second-order valence-electron chi connectivity index (χ2n) is 6.08. The lowest BCUT2D eigenvalue weighted by Crippen LogP contribution is -2.52. The van der Waals surface area contributed by atoms with E-state index in [4.69, 9.17) is 4.74 Å². The van der Waals surface area contributed by atoms with Crippen LogP contribution < -0.4 is 5.32 Å².